The molecule has 15 heteroatoms. The molecule has 3 aliphatic rings. The number of nitrogens with zero attached hydrogens (tertiary/aromatic N) is 1. The van der Waals surface area contributed by atoms with Crippen molar-refractivity contribution in [3.05, 3.63) is 84.7 Å². The molecule has 15 nitrogen and oxygen atoms in total. The van der Waals surface area contributed by atoms with Gasteiger partial charge in [0.1, 0.15) is 30.2 Å². The quantitative estimate of drug-likeness (QED) is 0.165. The molecule has 2 saturated heterocycles. The molecule has 56 heavy (non-hydrogen) atoms. The Bertz CT molecular complexity index is 1900. The van der Waals surface area contributed by atoms with Crippen molar-refractivity contribution in [3.8, 4) is 0 Å². The molecule has 5 rings (SSSR count). The van der Waals surface area contributed by atoms with Crippen molar-refractivity contribution in [1.82, 2.24) is 4.98 Å². The lowest BCUT2D eigenvalue weighted by molar-refractivity contribution is -0.322. The van der Waals surface area contributed by atoms with E-state index in [2.05, 4.69) is 18.1 Å². The highest BCUT2D eigenvalue weighted by Gasteiger charge is 2.75. The van der Waals surface area contributed by atoms with E-state index in [0.29, 0.717) is 5.56 Å². The highest BCUT2D eigenvalue weighted by atomic mass is 16.7. The van der Waals surface area contributed by atoms with Gasteiger partial charge in [-0.25, -0.2) is 4.79 Å². The zero-order chi connectivity index (χ0) is 41.3. The smallest absolute Gasteiger partial charge is 0.338 e. The summed E-state index contributed by atoms with van der Waals surface area (Å²) in [6, 6.07) is 11.1. The van der Waals surface area contributed by atoms with Gasteiger partial charge in [0.2, 0.25) is 5.79 Å². The maximum atomic E-state index is 14.4. The van der Waals surface area contributed by atoms with Gasteiger partial charge in [-0.2, -0.15) is 0 Å². The van der Waals surface area contributed by atoms with Gasteiger partial charge in [-0.15, -0.1) is 0 Å². The number of carbonyl (C=O) groups is 6. The number of hydrogen-bond donors (Lipinski definition) is 1. The van der Waals surface area contributed by atoms with Gasteiger partial charge in [0, 0.05) is 56.6 Å². The average molecular weight is 778 g/mol. The van der Waals surface area contributed by atoms with Crippen LogP contribution >= 0.6 is 0 Å². The Hall–Kier alpha value is -5.41. The Balaban J connectivity index is 1.86. The maximum Gasteiger partial charge on any atom is 0.338 e. The van der Waals surface area contributed by atoms with Crippen LogP contribution in [0.25, 0.3) is 5.76 Å². The number of benzene rings is 1. The molecule has 2 aliphatic heterocycles. The number of esters is 5. The predicted molar refractivity (Wildman–Crippen MR) is 195 cm³/mol. The molecule has 1 aliphatic carbocycles. The maximum absolute atomic E-state index is 14.4. The summed E-state index contributed by atoms with van der Waals surface area (Å²) >= 11 is 0. The molecule has 300 valence electrons. The standard InChI is InChI=1S/C41H47NO14/c1-21-18-40(55-27(7)46)31(32(21)51-24(4)43)33(52-25(5)44)22(2)34(53-26(6)45)35(54-38(48)28-14-11-10-12-15-28)37(50-23(3)29-16-13-17-42-20-29)39(8,9)36-30(47)19-41(40,49)56-36/h10-17,20-21,31-37,49H,2-3,18-19H2,1,4-9H3/t21-,31+,32-,33-,34+,35+,36-,37+,40+,41+/m0/s1. The Morgan fingerprint density at radius 1 is 0.821 bits per heavy atom. The largest absolute Gasteiger partial charge is 0.486 e. The van der Waals surface area contributed by atoms with Crippen LogP contribution in [0.2, 0.25) is 0 Å². The first-order valence-corrected chi connectivity index (χ1v) is 18.1. The van der Waals surface area contributed by atoms with Crippen molar-refractivity contribution in [2.45, 2.75) is 109 Å². The first kappa shape index (κ1) is 41.7. The van der Waals surface area contributed by atoms with E-state index in [9.17, 15) is 33.9 Å². The monoisotopic (exact) mass is 777 g/mol. The van der Waals surface area contributed by atoms with Crippen molar-refractivity contribution < 1.29 is 67.0 Å². The molecule has 0 spiro atoms. The SMILES string of the molecule is C=C(O[C@@H]1[C@H](OC(=O)c2ccccc2)[C@H](OC(C)=O)C(=C)[C@H](OC(C)=O)[C@H]2[C@@H](OC(C)=O)[C@@H](C)C[C@]2(OC(C)=O)[C@@]2(O)CC(=O)[C@H](O2)C1(C)C)c1cccnc1. The van der Waals surface area contributed by atoms with Crippen LogP contribution in [-0.2, 0) is 57.1 Å². The number of fused-ring (bicyclic) bond motifs is 4. The number of hydrogen-bond acceptors (Lipinski definition) is 15. The topological polar surface area (TPSA) is 200 Å². The highest BCUT2D eigenvalue weighted by Crippen LogP contribution is 2.58. The van der Waals surface area contributed by atoms with Crippen LogP contribution in [0.3, 0.4) is 0 Å². The van der Waals surface area contributed by atoms with Gasteiger partial charge in [-0.3, -0.25) is 29.0 Å². The van der Waals surface area contributed by atoms with Crippen molar-refractivity contribution in [2.75, 3.05) is 0 Å². The number of ketones is 1. The predicted octanol–water partition coefficient (Wildman–Crippen LogP) is 4.06. The number of Topliss-reactive ketones (excluding diaryl/α,β-unsaturated/α-hetero) is 1. The van der Waals surface area contributed by atoms with E-state index < -0.39 is 107 Å². The average Bonchev–Trinajstić information content (AvgIpc) is 3.59. The second-order valence-corrected chi connectivity index (χ2v) is 15.1. The lowest BCUT2D eigenvalue weighted by atomic mass is 9.71. The lowest BCUT2D eigenvalue weighted by Crippen LogP contribution is -2.64. The highest BCUT2D eigenvalue weighted by molar-refractivity contribution is 5.90. The van der Waals surface area contributed by atoms with E-state index in [-0.39, 0.29) is 23.3 Å². The minimum absolute atomic E-state index is 0.00626. The van der Waals surface area contributed by atoms with Gasteiger partial charge < -0.3 is 38.3 Å². The molecule has 0 amide bonds. The van der Waals surface area contributed by atoms with E-state index in [1.807, 2.05) is 0 Å². The molecular weight excluding hydrogens is 730 g/mol. The van der Waals surface area contributed by atoms with Crippen LogP contribution < -0.4 is 0 Å². The number of ether oxygens (including phenoxy) is 7. The summed E-state index contributed by atoms with van der Waals surface area (Å²) in [6.07, 6.45) is -7.69. The second-order valence-electron chi connectivity index (χ2n) is 15.1. The summed E-state index contributed by atoms with van der Waals surface area (Å²) in [5.74, 6) is -10.0. The zero-order valence-electron chi connectivity index (χ0n) is 32.3. The molecule has 1 saturated carbocycles. The van der Waals surface area contributed by atoms with Crippen molar-refractivity contribution in [2.24, 2.45) is 17.3 Å². The zero-order valence-corrected chi connectivity index (χ0v) is 32.3. The van der Waals surface area contributed by atoms with Gasteiger partial charge in [0.15, 0.2) is 23.6 Å². The van der Waals surface area contributed by atoms with E-state index in [0.717, 1.165) is 27.7 Å². The molecule has 1 aromatic heterocycles. The Morgan fingerprint density at radius 2 is 1.43 bits per heavy atom. The van der Waals surface area contributed by atoms with Crippen LogP contribution in [0, 0.1) is 17.3 Å². The van der Waals surface area contributed by atoms with Gasteiger partial charge in [0.05, 0.1) is 17.9 Å². The molecule has 1 N–H and O–H groups in total. The van der Waals surface area contributed by atoms with Gasteiger partial charge in [-0.1, -0.05) is 52.1 Å². The Morgan fingerprint density at radius 3 is 2.00 bits per heavy atom. The number of aliphatic hydroxyl groups is 1. The fourth-order valence-electron chi connectivity index (χ4n) is 8.30. The molecule has 2 bridgehead atoms. The normalized spacial score (nSPS) is 32.1. The van der Waals surface area contributed by atoms with Crippen molar-refractivity contribution in [3.63, 3.8) is 0 Å². The molecule has 10 atom stereocenters. The number of carbonyl (C=O) groups excluding carboxylic acids is 6. The molecule has 0 radical (unpaired) electrons. The van der Waals surface area contributed by atoms with Crippen LogP contribution in [-0.4, -0.2) is 93.7 Å². The summed E-state index contributed by atoms with van der Waals surface area (Å²) in [6.45, 7) is 17.4. The number of aromatic nitrogens is 1. The number of pyridine rings is 1. The molecule has 2 aromatic rings. The third kappa shape index (κ3) is 7.96. The van der Waals surface area contributed by atoms with Gasteiger partial charge in [0.25, 0.3) is 0 Å². The van der Waals surface area contributed by atoms with Crippen LogP contribution in [0.15, 0.2) is 73.6 Å². The Labute approximate surface area is 324 Å². The summed E-state index contributed by atoms with van der Waals surface area (Å²) in [5, 5.41) is 12.8. The lowest BCUT2D eigenvalue weighted by Gasteiger charge is -2.47. The van der Waals surface area contributed by atoms with Gasteiger partial charge >= 0.3 is 29.8 Å². The van der Waals surface area contributed by atoms with Crippen LogP contribution in [0.5, 0.6) is 0 Å². The van der Waals surface area contributed by atoms with E-state index in [4.69, 9.17) is 33.2 Å². The fourth-order valence-corrected chi connectivity index (χ4v) is 8.30. The third-order valence-corrected chi connectivity index (χ3v) is 10.5. The van der Waals surface area contributed by atoms with Crippen LogP contribution in [0.1, 0.15) is 77.2 Å². The first-order valence-electron chi connectivity index (χ1n) is 18.1. The van der Waals surface area contributed by atoms with Gasteiger partial charge in [-0.05, 0) is 36.6 Å². The van der Waals surface area contributed by atoms with Crippen molar-refractivity contribution in [1.29, 1.82) is 0 Å². The molecule has 1 aromatic carbocycles. The summed E-state index contributed by atoms with van der Waals surface area (Å²) in [7, 11) is 0. The summed E-state index contributed by atoms with van der Waals surface area (Å²) < 4.78 is 43.0. The minimum Gasteiger partial charge on any atom is -0.486 e. The molecule has 3 heterocycles. The van der Waals surface area contributed by atoms with E-state index >= 15 is 0 Å². The minimum atomic E-state index is -2.65. The molecular formula is C41H47NO14. The second kappa shape index (κ2) is 16.0. The summed E-state index contributed by atoms with van der Waals surface area (Å²) in [4.78, 5) is 84.6. The van der Waals surface area contributed by atoms with E-state index in [1.165, 1.54) is 24.5 Å². The van der Waals surface area contributed by atoms with E-state index in [1.54, 1.807) is 51.1 Å². The molecule has 3 fully saturated rings. The first-order chi connectivity index (χ1) is 26.2. The summed E-state index contributed by atoms with van der Waals surface area (Å²) in [5.41, 5.74) is -3.66. The van der Waals surface area contributed by atoms with Crippen LogP contribution in [0.4, 0.5) is 0 Å². The Kier molecular flexibility index (Phi) is 11.9. The molecule has 0 unspecified atom stereocenters. The van der Waals surface area contributed by atoms with Crippen molar-refractivity contribution >= 4 is 41.4 Å². The number of rotatable bonds is 9. The third-order valence-electron chi connectivity index (χ3n) is 10.5. The fraction of sp³-hybridized carbons (Fsp3) is 0.488.